The summed E-state index contributed by atoms with van der Waals surface area (Å²) in [7, 11) is 0. The van der Waals surface area contributed by atoms with Crippen LogP contribution in [-0.2, 0) is 4.74 Å². The van der Waals surface area contributed by atoms with Gasteiger partial charge in [-0.1, -0.05) is 0 Å². The number of piperazine rings is 1. The number of pyridine rings is 2. The van der Waals surface area contributed by atoms with Crippen molar-refractivity contribution in [3.8, 4) is 11.1 Å². The van der Waals surface area contributed by atoms with Gasteiger partial charge in [-0.25, -0.2) is 23.5 Å². The summed E-state index contributed by atoms with van der Waals surface area (Å²) in [6, 6.07) is 5.92. The Balaban J connectivity index is 1.22. The molecule has 8 nitrogen and oxygen atoms in total. The third-order valence-electron chi connectivity index (χ3n) is 7.37. The predicted molar refractivity (Wildman–Crippen MR) is 143 cm³/mol. The molecule has 204 valence electrons. The molecule has 10 heteroatoms. The van der Waals surface area contributed by atoms with E-state index in [-0.39, 0.29) is 11.8 Å². The fourth-order valence-electron chi connectivity index (χ4n) is 5.46. The molecule has 2 aliphatic rings. The Morgan fingerprint density at radius 1 is 1.08 bits per heavy atom. The maximum Gasteiger partial charge on any atom is 0.410 e. The third kappa shape index (κ3) is 5.60. The van der Waals surface area contributed by atoms with Crippen LogP contribution in [0.1, 0.15) is 51.3 Å². The van der Waals surface area contributed by atoms with Gasteiger partial charge in [-0.3, -0.25) is 4.90 Å². The molecular formula is C28H36F2N6O2. The van der Waals surface area contributed by atoms with Gasteiger partial charge < -0.3 is 18.9 Å². The van der Waals surface area contributed by atoms with E-state index in [4.69, 9.17) is 4.74 Å². The van der Waals surface area contributed by atoms with Crippen LogP contribution < -0.4 is 4.90 Å². The molecule has 2 aliphatic heterocycles. The molecule has 0 saturated carbocycles. The number of fused-ring (bicyclic) bond motifs is 1. The summed E-state index contributed by atoms with van der Waals surface area (Å²) in [4.78, 5) is 27.4. The molecule has 0 aliphatic carbocycles. The van der Waals surface area contributed by atoms with Gasteiger partial charge in [-0.05, 0) is 64.3 Å². The molecular weight excluding hydrogens is 490 g/mol. The Kier molecular flexibility index (Phi) is 7.26. The fourth-order valence-corrected chi connectivity index (χ4v) is 5.46. The summed E-state index contributed by atoms with van der Waals surface area (Å²) in [6.45, 7) is 12.0. The second kappa shape index (κ2) is 10.5. The second-order valence-electron chi connectivity index (χ2n) is 11.2. The van der Waals surface area contributed by atoms with Crippen molar-refractivity contribution < 1.29 is 18.3 Å². The Morgan fingerprint density at radius 3 is 2.45 bits per heavy atom. The van der Waals surface area contributed by atoms with Crippen molar-refractivity contribution in [1.82, 2.24) is 24.2 Å². The van der Waals surface area contributed by atoms with Crippen LogP contribution in [0.5, 0.6) is 0 Å². The summed E-state index contributed by atoms with van der Waals surface area (Å²) < 4.78 is 35.7. The molecule has 2 saturated heterocycles. The molecule has 3 aromatic rings. The molecule has 5 heterocycles. The van der Waals surface area contributed by atoms with Crippen LogP contribution in [0.4, 0.5) is 19.4 Å². The predicted octanol–water partition coefficient (Wildman–Crippen LogP) is 5.16. The van der Waals surface area contributed by atoms with Crippen molar-refractivity contribution in [3.05, 3.63) is 48.0 Å². The first kappa shape index (κ1) is 26.3. The average molecular weight is 527 g/mol. The average Bonchev–Trinajstić information content (AvgIpc) is 3.37. The molecule has 0 spiro atoms. The lowest BCUT2D eigenvalue weighted by Crippen LogP contribution is -2.55. The number of hydrogen-bond donors (Lipinski definition) is 0. The summed E-state index contributed by atoms with van der Waals surface area (Å²) in [5.41, 5.74) is 2.19. The number of carbonyl (C=O) groups is 1. The molecule has 0 radical (unpaired) electrons. The molecule has 0 bridgehead atoms. The van der Waals surface area contributed by atoms with Gasteiger partial charge in [-0.2, -0.15) is 0 Å². The lowest BCUT2D eigenvalue weighted by atomic mass is 10.0. The SMILES string of the molecule is Cc1cc(-c2ccc(N3CCC(N4CCN(C(=O)OC(C)(C)C)CC4)CC3)nc2C(F)F)cn2ccnc12. The molecule has 3 aromatic heterocycles. The van der Waals surface area contributed by atoms with E-state index in [1.54, 1.807) is 17.2 Å². The molecule has 1 amide bonds. The van der Waals surface area contributed by atoms with Gasteiger partial charge in [0.2, 0.25) is 0 Å². The smallest absolute Gasteiger partial charge is 0.410 e. The number of halogens is 2. The van der Waals surface area contributed by atoms with Gasteiger partial charge in [0.15, 0.2) is 0 Å². The van der Waals surface area contributed by atoms with Gasteiger partial charge in [0.05, 0.1) is 0 Å². The lowest BCUT2D eigenvalue weighted by Gasteiger charge is -2.43. The van der Waals surface area contributed by atoms with Crippen molar-refractivity contribution in [2.75, 3.05) is 44.2 Å². The minimum absolute atomic E-state index is 0.193. The van der Waals surface area contributed by atoms with Crippen molar-refractivity contribution in [2.45, 2.75) is 58.6 Å². The number of anilines is 1. The highest BCUT2D eigenvalue weighted by atomic mass is 19.3. The lowest BCUT2D eigenvalue weighted by molar-refractivity contribution is 0.00901. The number of aryl methyl sites for hydroxylation is 1. The van der Waals surface area contributed by atoms with Gasteiger partial charge in [0, 0.05) is 75.0 Å². The molecule has 2 fully saturated rings. The minimum Gasteiger partial charge on any atom is -0.444 e. The maximum atomic E-state index is 14.2. The molecule has 0 N–H and O–H groups in total. The van der Waals surface area contributed by atoms with E-state index in [1.165, 1.54) is 0 Å². The number of rotatable bonds is 4. The van der Waals surface area contributed by atoms with Crippen molar-refractivity contribution in [2.24, 2.45) is 0 Å². The highest BCUT2D eigenvalue weighted by Gasteiger charge is 2.31. The van der Waals surface area contributed by atoms with Gasteiger partial charge in [0.25, 0.3) is 6.43 Å². The van der Waals surface area contributed by atoms with Crippen LogP contribution in [0, 0.1) is 6.92 Å². The number of alkyl halides is 2. The summed E-state index contributed by atoms with van der Waals surface area (Å²) in [6.07, 6.45) is 4.26. The number of carbonyl (C=O) groups excluding carboxylic acids is 1. The molecule has 0 unspecified atom stereocenters. The van der Waals surface area contributed by atoms with Gasteiger partial charge in [0.1, 0.15) is 22.8 Å². The first-order valence-electron chi connectivity index (χ1n) is 13.3. The monoisotopic (exact) mass is 526 g/mol. The first-order valence-corrected chi connectivity index (χ1v) is 13.3. The number of ether oxygens (including phenoxy) is 1. The van der Waals surface area contributed by atoms with Crippen LogP contribution in [0.15, 0.2) is 36.8 Å². The highest BCUT2D eigenvalue weighted by Crippen LogP contribution is 2.33. The first-order chi connectivity index (χ1) is 18.1. The van der Waals surface area contributed by atoms with E-state index in [9.17, 15) is 13.6 Å². The third-order valence-corrected chi connectivity index (χ3v) is 7.37. The van der Waals surface area contributed by atoms with E-state index < -0.39 is 12.0 Å². The van der Waals surface area contributed by atoms with Crippen LogP contribution >= 0.6 is 0 Å². The van der Waals surface area contributed by atoms with Crippen molar-refractivity contribution in [1.29, 1.82) is 0 Å². The Morgan fingerprint density at radius 2 is 1.79 bits per heavy atom. The largest absolute Gasteiger partial charge is 0.444 e. The molecule has 5 rings (SSSR count). The summed E-state index contributed by atoms with van der Waals surface area (Å²) in [5.74, 6) is 0.595. The van der Waals surface area contributed by atoms with Crippen molar-refractivity contribution in [3.63, 3.8) is 0 Å². The van der Waals surface area contributed by atoms with Crippen LogP contribution in [0.25, 0.3) is 16.8 Å². The van der Waals surface area contributed by atoms with E-state index in [0.29, 0.717) is 36.1 Å². The molecule has 0 atom stereocenters. The van der Waals surface area contributed by atoms with Gasteiger partial charge >= 0.3 is 6.09 Å². The normalized spacial score (nSPS) is 18.0. The fraction of sp³-hybridized carbons (Fsp3) is 0.536. The number of imidazole rings is 1. The standard InChI is InChI=1S/C28H36F2N6O2/c1-19-17-20(18-36-12-9-31-26(19)36)22-5-6-23(32-24(22)25(29)30)34-10-7-21(8-11-34)33-13-15-35(16-14-33)27(37)38-28(2,3)4/h5-6,9,12,17-18,21,25H,7-8,10-11,13-16H2,1-4H3. The number of nitrogens with zero attached hydrogens (tertiary/aromatic N) is 6. The van der Waals surface area contributed by atoms with Crippen LogP contribution in [-0.4, -0.2) is 81.2 Å². The number of amides is 1. The molecule has 0 aromatic carbocycles. The zero-order valence-corrected chi connectivity index (χ0v) is 22.5. The molecule has 38 heavy (non-hydrogen) atoms. The highest BCUT2D eigenvalue weighted by molar-refractivity contribution is 5.70. The van der Waals surface area contributed by atoms with E-state index >= 15 is 0 Å². The quantitative estimate of drug-likeness (QED) is 0.468. The zero-order valence-electron chi connectivity index (χ0n) is 22.5. The topological polar surface area (TPSA) is 66.2 Å². The van der Waals surface area contributed by atoms with E-state index in [2.05, 4.69) is 19.8 Å². The Bertz CT molecular complexity index is 1290. The summed E-state index contributed by atoms with van der Waals surface area (Å²) in [5, 5.41) is 0. The minimum atomic E-state index is -2.68. The van der Waals surface area contributed by atoms with Crippen LogP contribution in [0.2, 0.25) is 0 Å². The Labute approximate surface area is 222 Å². The Hall–Kier alpha value is -3.27. The van der Waals surface area contributed by atoms with Crippen molar-refractivity contribution >= 4 is 17.6 Å². The summed E-state index contributed by atoms with van der Waals surface area (Å²) >= 11 is 0. The van der Waals surface area contributed by atoms with Crippen LogP contribution in [0.3, 0.4) is 0 Å². The number of aromatic nitrogens is 3. The van der Waals surface area contributed by atoms with E-state index in [1.807, 2.05) is 56.6 Å². The maximum absolute atomic E-state index is 14.2. The number of piperidine rings is 1. The second-order valence-corrected chi connectivity index (χ2v) is 11.2. The number of hydrogen-bond acceptors (Lipinski definition) is 6. The van der Waals surface area contributed by atoms with Gasteiger partial charge in [-0.15, -0.1) is 0 Å². The zero-order chi connectivity index (χ0) is 27.0. The van der Waals surface area contributed by atoms with E-state index in [0.717, 1.165) is 50.2 Å².